The molecule has 0 saturated carbocycles. The minimum atomic E-state index is -1.00. The van der Waals surface area contributed by atoms with E-state index in [2.05, 4.69) is 10.3 Å². The fourth-order valence-corrected chi connectivity index (χ4v) is 2.00. The van der Waals surface area contributed by atoms with Gasteiger partial charge in [-0.15, -0.1) is 11.3 Å². The molecule has 88 valence electrons. The lowest BCUT2D eigenvalue weighted by atomic mass is 10.1. The maximum absolute atomic E-state index is 11.7. The Labute approximate surface area is 97.5 Å². The molecule has 0 aliphatic rings. The predicted octanol–water partition coefficient (Wildman–Crippen LogP) is 1.43. The fourth-order valence-electron chi connectivity index (χ4n) is 1.29. The van der Waals surface area contributed by atoms with E-state index in [0.717, 1.165) is 0 Å². The van der Waals surface area contributed by atoms with Gasteiger partial charge in [0.05, 0.1) is 11.2 Å². The van der Waals surface area contributed by atoms with E-state index in [4.69, 9.17) is 5.11 Å². The molecular weight excluding hydrogens is 228 g/mol. The minimum absolute atomic E-state index is 0.360. The number of aromatic nitrogens is 1. The van der Waals surface area contributed by atoms with Crippen molar-refractivity contribution in [2.45, 2.75) is 32.7 Å². The molecule has 1 aromatic heterocycles. The van der Waals surface area contributed by atoms with Crippen LogP contribution in [0.25, 0.3) is 0 Å². The minimum Gasteiger partial charge on any atom is -0.480 e. The van der Waals surface area contributed by atoms with Gasteiger partial charge in [-0.2, -0.15) is 0 Å². The highest BCUT2D eigenvalue weighted by atomic mass is 32.1. The highest BCUT2D eigenvalue weighted by Gasteiger charge is 2.21. The molecule has 1 heterocycles. The van der Waals surface area contributed by atoms with E-state index in [9.17, 15) is 9.59 Å². The van der Waals surface area contributed by atoms with E-state index in [-0.39, 0.29) is 5.91 Å². The van der Waals surface area contributed by atoms with Gasteiger partial charge in [0.25, 0.3) is 5.91 Å². The molecule has 2 N–H and O–H groups in total. The summed E-state index contributed by atoms with van der Waals surface area (Å²) in [5.74, 6) is -1.36. The quantitative estimate of drug-likeness (QED) is 0.818. The van der Waals surface area contributed by atoms with Crippen LogP contribution < -0.4 is 5.32 Å². The zero-order chi connectivity index (χ0) is 12.1. The Morgan fingerprint density at radius 1 is 1.62 bits per heavy atom. The summed E-state index contributed by atoms with van der Waals surface area (Å²) in [7, 11) is 0. The number of carboxylic acid groups (broad SMARTS) is 1. The van der Waals surface area contributed by atoms with Crippen molar-refractivity contribution >= 4 is 23.2 Å². The highest BCUT2D eigenvalue weighted by molar-refractivity contribution is 7.11. The smallest absolute Gasteiger partial charge is 0.326 e. The second kappa shape index (κ2) is 5.60. The average molecular weight is 242 g/mol. The van der Waals surface area contributed by atoms with E-state index >= 15 is 0 Å². The van der Waals surface area contributed by atoms with Crippen LogP contribution in [0.1, 0.15) is 35.1 Å². The number of hydrogen-bond donors (Lipinski definition) is 2. The topological polar surface area (TPSA) is 79.3 Å². The molecule has 1 rings (SSSR count). The molecule has 5 nitrogen and oxygen atoms in total. The van der Waals surface area contributed by atoms with E-state index in [1.165, 1.54) is 11.3 Å². The van der Waals surface area contributed by atoms with Crippen molar-refractivity contribution in [2.24, 2.45) is 0 Å². The van der Waals surface area contributed by atoms with Gasteiger partial charge in [0, 0.05) is 0 Å². The van der Waals surface area contributed by atoms with Crippen LogP contribution in [0, 0.1) is 6.92 Å². The summed E-state index contributed by atoms with van der Waals surface area (Å²) in [5.41, 5.74) is 2.20. The second-order valence-electron chi connectivity index (χ2n) is 3.42. The van der Waals surface area contributed by atoms with Gasteiger partial charge in [-0.25, -0.2) is 9.78 Å². The summed E-state index contributed by atoms with van der Waals surface area (Å²) >= 11 is 1.21. The first-order valence-corrected chi connectivity index (χ1v) is 5.88. The summed E-state index contributed by atoms with van der Waals surface area (Å²) in [6.45, 7) is 3.60. The maximum atomic E-state index is 11.7. The van der Waals surface area contributed by atoms with Crippen molar-refractivity contribution in [3.8, 4) is 0 Å². The number of thiazole rings is 1. The number of nitrogens with zero attached hydrogens (tertiary/aromatic N) is 1. The van der Waals surface area contributed by atoms with Crippen LogP contribution >= 0.6 is 11.3 Å². The SMILES string of the molecule is CCC[C@@H](NC(=O)c1scnc1C)C(=O)O. The molecule has 0 aliphatic carbocycles. The molecule has 0 bridgehead atoms. The third-order valence-corrected chi connectivity index (χ3v) is 3.06. The van der Waals surface area contributed by atoms with Gasteiger partial charge in [0.15, 0.2) is 0 Å². The van der Waals surface area contributed by atoms with Crippen molar-refractivity contribution < 1.29 is 14.7 Å². The van der Waals surface area contributed by atoms with Gasteiger partial charge in [0.2, 0.25) is 0 Å². The molecule has 1 atom stereocenters. The largest absolute Gasteiger partial charge is 0.480 e. The van der Waals surface area contributed by atoms with Crippen molar-refractivity contribution in [3.05, 3.63) is 16.1 Å². The number of carbonyl (C=O) groups excluding carboxylic acids is 1. The normalized spacial score (nSPS) is 12.1. The van der Waals surface area contributed by atoms with Crippen LogP contribution in [0.3, 0.4) is 0 Å². The number of carboxylic acids is 1. The van der Waals surface area contributed by atoms with E-state index in [1.807, 2.05) is 6.92 Å². The molecule has 0 aliphatic heterocycles. The molecule has 1 amide bonds. The van der Waals surface area contributed by atoms with E-state index < -0.39 is 12.0 Å². The number of amides is 1. The third-order valence-electron chi connectivity index (χ3n) is 2.13. The van der Waals surface area contributed by atoms with Crippen molar-refractivity contribution in [3.63, 3.8) is 0 Å². The van der Waals surface area contributed by atoms with Crippen LogP contribution in [0.15, 0.2) is 5.51 Å². The Morgan fingerprint density at radius 3 is 2.75 bits per heavy atom. The Balaban J connectivity index is 2.69. The fraction of sp³-hybridized carbons (Fsp3) is 0.500. The van der Waals surface area contributed by atoms with Crippen LogP contribution in [0.2, 0.25) is 0 Å². The Morgan fingerprint density at radius 2 is 2.31 bits per heavy atom. The third kappa shape index (κ3) is 3.03. The molecular formula is C10H14N2O3S. The number of hydrogen-bond acceptors (Lipinski definition) is 4. The van der Waals surface area contributed by atoms with E-state index in [1.54, 1.807) is 12.4 Å². The monoisotopic (exact) mass is 242 g/mol. The van der Waals surface area contributed by atoms with Crippen molar-refractivity contribution in [1.29, 1.82) is 0 Å². The Hall–Kier alpha value is -1.43. The Bertz CT molecular complexity index is 389. The summed E-state index contributed by atoms with van der Waals surface area (Å²) in [6.07, 6.45) is 1.14. The maximum Gasteiger partial charge on any atom is 0.326 e. The van der Waals surface area contributed by atoms with Crippen LogP contribution in [0.4, 0.5) is 0 Å². The molecule has 0 unspecified atom stereocenters. The molecule has 0 saturated heterocycles. The standard InChI is InChI=1S/C10H14N2O3S/c1-3-4-7(10(14)15)12-9(13)8-6(2)11-5-16-8/h5,7H,3-4H2,1-2H3,(H,12,13)(H,14,15)/t7-/m1/s1. The number of aryl methyl sites for hydroxylation is 1. The second-order valence-corrected chi connectivity index (χ2v) is 4.27. The van der Waals surface area contributed by atoms with Gasteiger partial charge in [-0.05, 0) is 13.3 Å². The molecule has 6 heteroatoms. The average Bonchev–Trinajstić information content (AvgIpc) is 2.63. The molecule has 1 aromatic rings. The number of carbonyl (C=O) groups is 2. The first kappa shape index (κ1) is 12.6. The van der Waals surface area contributed by atoms with Crippen LogP contribution in [-0.2, 0) is 4.79 Å². The van der Waals surface area contributed by atoms with Crippen LogP contribution in [-0.4, -0.2) is 28.0 Å². The summed E-state index contributed by atoms with van der Waals surface area (Å²) in [5, 5.41) is 11.4. The first-order chi connectivity index (χ1) is 7.56. The van der Waals surface area contributed by atoms with Crippen molar-refractivity contribution in [2.75, 3.05) is 0 Å². The zero-order valence-electron chi connectivity index (χ0n) is 9.19. The molecule has 0 radical (unpaired) electrons. The number of nitrogens with one attached hydrogen (secondary N) is 1. The van der Waals surface area contributed by atoms with Gasteiger partial charge >= 0.3 is 5.97 Å². The predicted molar refractivity (Wildman–Crippen MR) is 60.6 cm³/mol. The first-order valence-electron chi connectivity index (χ1n) is 5.00. The summed E-state index contributed by atoms with van der Waals surface area (Å²) < 4.78 is 0. The number of aliphatic carboxylic acids is 1. The molecule has 0 fully saturated rings. The molecule has 16 heavy (non-hydrogen) atoms. The van der Waals surface area contributed by atoms with Crippen LogP contribution in [0.5, 0.6) is 0 Å². The molecule has 0 aromatic carbocycles. The zero-order valence-corrected chi connectivity index (χ0v) is 10.0. The van der Waals surface area contributed by atoms with Crippen molar-refractivity contribution in [1.82, 2.24) is 10.3 Å². The van der Waals surface area contributed by atoms with E-state index in [0.29, 0.717) is 23.4 Å². The highest BCUT2D eigenvalue weighted by Crippen LogP contribution is 2.12. The van der Waals surface area contributed by atoms with Gasteiger partial charge in [0.1, 0.15) is 10.9 Å². The lowest BCUT2D eigenvalue weighted by Crippen LogP contribution is -2.40. The Kier molecular flexibility index (Phi) is 4.42. The lowest BCUT2D eigenvalue weighted by Gasteiger charge is -2.12. The van der Waals surface area contributed by atoms with Gasteiger partial charge in [-0.3, -0.25) is 4.79 Å². The summed E-state index contributed by atoms with van der Waals surface area (Å²) in [6, 6.07) is -0.820. The number of rotatable bonds is 5. The lowest BCUT2D eigenvalue weighted by molar-refractivity contribution is -0.139. The van der Waals surface area contributed by atoms with Gasteiger partial charge in [-0.1, -0.05) is 13.3 Å². The molecule has 0 spiro atoms. The summed E-state index contributed by atoms with van der Waals surface area (Å²) in [4.78, 5) is 27.0. The van der Waals surface area contributed by atoms with Gasteiger partial charge < -0.3 is 10.4 Å².